The molecule has 3 aromatic rings. The van der Waals surface area contributed by atoms with Gasteiger partial charge in [-0.25, -0.2) is 4.98 Å². The van der Waals surface area contributed by atoms with Crippen molar-refractivity contribution < 1.29 is 4.74 Å². The second-order valence-electron chi connectivity index (χ2n) is 7.30. The SMILES string of the molecule is COc1cc2c(cc1Nc1ncc(Cl)c(Nc3ccccc3N(C)C)n1)CCNC2. The topological polar surface area (TPSA) is 74.3 Å². The summed E-state index contributed by atoms with van der Waals surface area (Å²) in [6, 6.07) is 12.2. The Balaban J connectivity index is 1.63. The highest BCUT2D eigenvalue weighted by Crippen LogP contribution is 2.33. The van der Waals surface area contributed by atoms with Crippen LogP contribution in [0.5, 0.6) is 5.75 Å². The van der Waals surface area contributed by atoms with E-state index < -0.39 is 0 Å². The highest BCUT2D eigenvalue weighted by Gasteiger charge is 2.15. The van der Waals surface area contributed by atoms with Crippen LogP contribution in [0.2, 0.25) is 5.02 Å². The van der Waals surface area contributed by atoms with Gasteiger partial charge in [-0.2, -0.15) is 4.98 Å². The Hall–Kier alpha value is -3.03. The van der Waals surface area contributed by atoms with Crippen LogP contribution in [0.25, 0.3) is 0 Å². The molecule has 0 fully saturated rings. The predicted molar refractivity (Wildman–Crippen MR) is 123 cm³/mol. The van der Waals surface area contributed by atoms with Crippen LogP contribution in [0.1, 0.15) is 11.1 Å². The first kappa shape index (κ1) is 20.3. The number of anilines is 5. The summed E-state index contributed by atoms with van der Waals surface area (Å²) in [6.45, 7) is 1.82. The van der Waals surface area contributed by atoms with Gasteiger partial charge in [-0.3, -0.25) is 0 Å². The molecule has 2 heterocycles. The zero-order chi connectivity index (χ0) is 21.1. The number of halogens is 1. The minimum Gasteiger partial charge on any atom is -0.495 e. The molecule has 4 rings (SSSR count). The van der Waals surface area contributed by atoms with Crippen molar-refractivity contribution in [3.63, 3.8) is 0 Å². The molecular formula is C22H25ClN6O. The van der Waals surface area contributed by atoms with Crippen LogP contribution >= 0.6 is 11.6 Å². The summed E-state index contributed by atoms with van der Waals surface area (Å²) >= 11 is 6.37. The highest BCUT2D eigenvalue weighted by molar-refractivity contribution is 6.33. The molecule has 0 spiro atoms. The van der Waals surface area contributed by atoms with Crippen LogP contribution in [0.3, 0.4) is 0 Å². The van der Waals surface area contributed by atoms with E-state index in [2.05, 4.69) is 38.1 Å². The molecule has 0 amide bonds. The Morgan fingerprint density at radius 2 is 1.93 bits per heavy atom. The van der Waals surface area contributed by atoms with Crippen molar-refractivity contribution in [2.45, 2.75) is 13.0 Å². The Labute approximate surface area is 181 Å². The molecule has 30 heavy (non-hydrogen) atoms. The normalized spacial score (nSPS) is 12.8. The van der Waals surface area contributed by atoms with Crippen molar-refractivity contribution >= 4 is 40.4 Å². The first-order chi connectivity index (χ1) is 14.5. The van der Waals surface area contributed by atoms with E-state index in [0.717, 1.165) is 42.3 Å². The second-order valence-corrected chi connectivity index (χ2v) is 7.71. The second kappa shape index (κ2) is 8.77. The van der Waals surface area contributed by atoms with Crippen molar-refractivity contribution in [3.05, 3.63) is 58.7 Å². The van der Waals surface area contributed by atoms with Gasteiger partial charge in [0.15, 0.2) is 5.82 Å². The summed E-state index contributed by atoms with van der Waals surface area (Å²) in [5, 5.41) is 10.4. The van der Waals surface area contributed by atoms with Crippen molar-refractivity contribution in [3.8, 4) is 5.75 Å². The van der Waals surface area contributed by atoms with E-state index in [1.807, 2.05) is 43.3 Å². The maximum Gasteiger partial charge on any atom is 0.229 e. The standard InChI is InChI=1S/C22H25ClN6O/c1-29(2)19-7-5-4-6-17(19)26-21-16(23)13-25-22(28-21)27-18-10-14-8-9-24-12-15(14)11-20(18)30-3/h4-7,10-11,13,24H,8-9,12H2,1-3H3,(H2,25,26,27,28). The molecule has 156 valence electrons. The van der Waals surface area contributed by atoms with Crippen LogP contribution < -0.4 is 25.6 Å². The van der Waals surface area contributed by atoms with E-state index in [1.165, 1.54) is 11.1 Å². The number of para-hydroxylation sites is 2. The minimum absolute atomic E-state index is 0.441. The number of ether oxygens (including phenoxy) is 1. The lowest BCUT2D eigenvalue weighted by Gasteiger charge is -2.21. The lowest BCUT2D eigenvalue weighted by Crippen LogP contribution is -2.23. The van der Waals surface area contributed by atoms with Crippen molar-refractivity contribution in [2.24, 2.45) is 0 Å². The van der Waals surface area contributed by atoms with E-state index in [4.69, 9.17) is 16.3 Å². The van der Waals surface area contributed by atoms with Crippen LogP contribution in [0.15, 0.2) is 42.6 Å². The molecule has 0 unspecified atom stereocenters. The number of nitrogens with one attached hydrogen (secondary N) is 3. The van der Waals surface area contributed by atoms with Gasteiger partial charge in [0, 0.05) is 20.6 Å². The van der Waals surface area contributed by atoms with Gasteiger partial charge in [0.05, 0.1) is 30.4 Å². The van der Waals surface area contributed by atoms with Gasteiger partial charge in [-0.1, -0.05) is 23.7 Å². The molecule has 7 nitrogen and oxygen atoms in total. The third kappa shape index (κ3) is 4.27. The molecule has 1 aliphatic heterocycles. The summed E-state index contributed by atoms with van der Waals surface area (Å²) in [4.78, 5) is 11.0. The van der Waals surface area contributed by atoms with E-state index >= 15 is 0 Å². The molecule has 0 radical (unpaired) electrons. The Morgan fingerprint density at radius 1 is 1.10 bits per heavy atom. The molecule has 0 bridgehead atoms. The Kier molecular flexibility index (Phi) is 5.92. The van der Waals surface area contributed by atoms with E-state index in [9.17, 15) is 0 Å². The predicted octanol–water partition coefficient (Wildman–Crippen LogP) is 4.34. The molecule has 2 aromatic carbocycles. The van der Waals surface area contributed by atoms with Gasteiger partial charge in [-0.15, -0.1) is 0 Å². The number of benzene rings is 2. The molecule has 0 saturated carbocycles. The fourth-order valence-electron chi connectivity index (χ4n) is 3.51. The Morgan fingerprint density at radius 3 is 2.73 bits per heavy atom. The fourth-order valence-corrected chi connectivity index (χ4v) is 3.65. The number of nitrogens with zero attached hydrogens (tertiary/aromatic N) is 3. The smallest absolute Gasteiger partial charge is 0.229 e. The third-order valence-corrected chi connectivity index (χ3v) is 5.31. The lowest BCUT2D eigenvalue weighted by molar-refractivity contribution is 0.415. The summed E-state index contributed by atoms with van der Waals surface area (Å²) < 4.78 is 5.58. The average molecular weight is 425 g/mol. The molecule has 1 aliphatic rings. The lowest BCUT2D eigenvalue weighted by atomic mass is 10.00. The van der Waals surface area contributed by atoms with E-state index in [-0.39, 0.29) is 0 Å². The number of rotatable bonds is 6. The molecule has 1 aromatic heterocycles. The Bertz CT molecular complexity index is 1060. The largest absolute Gasteiger partial charge is 0.495 e. The number of hydrogen-bond donors (Lipinski definition) is 3. The highest BCUT2D eigenvalue weighted by atomic mass is 35.5. The van der Waals surface area contributed by atoms with Gasteiger partial charge in [0.25, 0.3) is 0 Å². The van der Waals surface area contributed by atoms with Gasteiger partial charge < -0.3 is 25.6 Å². The maximum absolute atomic E-state index is 6.37. The molecule has 0 aliphatic carbocycles. The summed E-state index contributed by atoms with van der Waals surface area (Å²) in [7, 11) is 5.65. The van der Waals surface area contributed by atoms with Crippen LogP contribution in [-0.2, 0) is 13.0 Å². The zero-order valence-corrected chi connectivity index (χ0v) is 18.0. The molecule has 8 heteroatoms. The first-order valence-electron chi connectivity index (χ1n) is 9.78. The van der Waals surface area contributed by atoms with Crippen LogP contribution in [0, 0.1) is 0 Å². The van der Waals surface area contributed by atoms with E-state index in [0.29, 0.717) is 16.8 Å². The average Bonchev–Trinajstić information content (AvgIpc) is 2.75. The quantitative estimate of drug-likeness (QED) is 0.543. The zero-order valence-electron chi connectivity index (χ0n) is 17.3. The molecule has 0 atom stereocenters. The number of methoxy groups -OCH3 is 1. The number of aromatic nitrogens is 2. The van der Waals surface area contributed by atoms with Gasteiger partial charge in [0.1, 0.15) is 10.8 Å². The summed E-state index contributed by atoms with van der Waals surface area (Å²) in [5.74, 6) is 1.73. The fraction of sp³-hybridized carbons (Fsp3) is 0.273. The van der Waals surface area contributed by atoms with Gasteiger partial charge in [-0.05, 0) is 48.4 Å². The number of fused-ring (bicyclic) bond motifs is 1. The third-order valence-electron chi connectivity index (χ3n) is 5.04. The van der Waals surface area contributed by atoms with Crippen LogP contribution in [0.4, 0.5) is 28.8 Å². The van der Waals surface area contributed by atoms with E-state index in [1.54, 1.807) is 13.3 Å². The first-order valence-corrected chi connectivity index (χ1v) is 10.2. The van der Waals surface area contributed by atoms with Gasteiger partial charge in [0.2, 0.25) is 5.95 Å². The molecule has 0 saturated heterocycles. The van der Waals surface area contributed by atoms with Crippen molar-refractivity contribution in [1.82, 2.24) is 15.3 Å². The molecule has 3 N–H and O–H groups in total. The minimum atomic E-state index is 0.441. The van der Waals surface area contributed by atoms with Crippen LogP contribution in [-0.4, -0.2) is 37.7 Å². The maximum atomic E-state index is 6.37. The summed E-state index contributed by atoms with van der Waals surface area (Å²) in [5.41, 5.74) is 5.33. The summed E-state index contributed by atoms with van der Waals surface area (Å²) in [6.07, 6.45) is 2.57. The number of hydrogen-bond acceptors (Lipinski definition) is 7. The molecular weight excluding hydrogens is 400 g/mol. The van der Waals surface area contributed by atoms with Crippen molar-refractivity contribution in [1.29, 1.82) is 0 Å². The monoisotopic (exact) mass is 424 g/mol. The van der Waals surface area contributed by atoms with Crippen molar-refractivity contribution in [2.75, 3.05) is 43.3 Å². The van der Waals surface area contributed by atoms with Gasteiger partial charge >= 0.3 is 0 Å².